The Kier molecular flexibility index (Phi) is 5.31. The van der Waals surface area contributed by atoms with Crippen LogP contribution in [0.1, 0.15) is 76.9 Å². The topological polar surface area (TPSA) is 55.8 Å². The smallest absolute Gasteiger partial charge is 0.262 e. The molecule has 4 rings (SSSR count). The van der Waals surface area contributed by atoms with Gasteiger partial charge in [-0.1, -0.05) is 24.6 Å². The number of fused-ring (bicyclic) bond motifs is 1. The lowest BCUT2D eigenvalue weighted by Crippen LogP contribution is -2.33. The highest BCUT2D eigenvalue weighted by atomic mass is 16.5. The summed E-state index contributed by atoms with van der Waals surface area (Å²) in [5.41, 5.74) is 2.82. The summed E-state index contributed by atoms with van der Waals surface area (Å²) in [4.78, 5) is 27.5. The van der Waals surface area contributed by atoms with E-state index in [2.05, 4.69) is 0 Å². The van der Waals surface area contributed by atoms with Crippen molar-refractivity contribution in [3.05, 3.63) is 58.7 Å². The molecule has 5 heteroatoms. The molecule has 0 spiro atoms. The largest absolute Gasteiger partial charge is 0.493 e. The van der Waals surface area contributed by atoms with Crippen molar-refractivity contribution in [3.8, 4) is 11.5 Å². The highest BCUT2D eigenvalue weighted by Gasteiger charge is 2.40. The third kappa shape index (κ3) is 3.50. The van der Waals surface area contributed by atoms with Gasteiger partial charge >= 0.3 is 0 Å². The van der Waals surface area contributed by atoms with Crippen LogP contribution >= 0.6 is 0 Å². The molecule has 2 aliphatic rings. The number of benzene rings is 2. The summed E-state index contributed by atoms with van der Waals surface area (Å²) in [7, 11) is 1.63. The molecule has 152 valence electrons. The number of amides is 2. The fourth-order valence-electron chi connectivity index (χ4n) is 4.40. The Morgan fingerprint density at radius 2 is 1.72 bits per heavy atom. The number of imide groups is 1. The summed E-state index contributed by atoms with van der Waals surface area (Å²) >= 11 is 0. The summed E-state index contributed by atoms with van der Waals surface area (Å²) in [5.74, 6) is 0.900. The van der Waals surface area contributed by atoms with Gasteiger partial charge in [-0.2, -0.15) is 0 Å². The van der Waals surface area contributed by atoms with Gasteiger partial charge in [-0.25, -0.2) is 0 Å². The molecule has 1 fully saturated rings. The van der Waals surface area contributed by atoms with Gasteiger partial charge in [0.25, 0.3) is 11.8 Å². The van der Waals surface area contributed by atoms with E-state index in [1.165, 1.54) is 17.7 Å². The molecule has 1 aliphatic heterocycles. The van der Waals surface area contributed by atoms with Gasteiger partial charge in [0.2, 0.25) is 0 Å². The fraction of sp³-hybridized carbons (Fsp3) is 0.417. The minimum absolute atomic E-state index is 0.196. The van der Waals surface area contributed by atoms with Crippen LogP contribution in [0.15, 0.2) is 36.4 Å². The summed E-state index contributed by atoms with van der Waals surface area (Å²) in [6.45, 7) is 3.91. The van der Waals surface area contributed by atoms with Crippen LogP contribution in [0.5, 0.6) is 11.5 Å². The number of carbonyl (C=O) groups excluding carboxylic acids is 2. The maximum atomic E-state index is 13.1. The van der Waals surface area contributed by atoms with Gasteiger partial charge in [-0.05, 0) is 68.9 Å². The number of hydrogen-bond donors (Lipinski definition) is 0. The van der Waals surface area contributed by atoms with E-state index in [1.54, 1.807) is 19.2 Å². The lowest BCUT2D eigenvalue weighted by Gasteiger charge is -2.26. The molecule has 1 unspecified atom stereocenters. The van der Waals surface area contributed by atoms with Crippen LogP contribution in [0.4, 0.5) is 0 Å². The molecule has 1 heterocycles. The van der Waals surface area contributed by atoms with Crippen molar-refractivity contribution in [2.45, 2.75) is 58.1 Å². The van der Waals surface area contributed by atoms with E-state index in [-0.39, 0.29) is 24.0 Å². The summed E-state index contributed by atoms with van der Waals surface area (Å²) in [6.07, 6.45) is 5.27. The number of hydrogen-bond acceptors (Lipinski definition) is 4. The number of methoxy groups -OCH3 is 1. The van der Waals surface area contributed by atoms with E-state index in [4.69, 9.17) is 9.47 Å². The standard InChI is InChI=1S/C24H27NO4/c1-4-20(25-23(26)18-11-9-15(2)13-19(18)24(25)27)16-10-12-21(28-3)22(14-16)29-17-7-5-6-8-17/h9-14,17,20H,4-8H2,1-3H3. The predicted molar refractivity (Wildman–Crippen MR) is 111 cm³/mol. The SMILES string of the molecule is CCC(c1ccc(OC)c(OC2CCCC2)c1)N1C(=O)c2ccc(C)cc2C1=O. The zero-order chi connectivity index (χ0) is 20.5. The zero-order valence-electron chi connectivity index (χ0n) is 17.2. The number of carbonyl (C=O) groups is 2. The molecular weight excluding hydrogens is 366 g/mol. The van der Waals surface area contributed by atoms with Crippen LogP contribution in [-0.2, 0) is 0 Å². The van der Waals surface area contributed by atoms with Crippen LogP contribution in [0, 0.1) is 6.92 Å². The van der Waals surface area contributed by atoms with Crippen LogP contribution in [-0.4, -0.2) is 29.9 Å². The fourth-order valence-corrected chi connectivity index (χ4v) is 4.40. The lowest BCUT2D eigenvalue weighted by atomic mass is 10.0. The number of aryl methyl sites for hydroxylation is 1. The Morgan fingerprint density at radius 1 is 1.00 bits per heavy atom. The van der Waals surface area contributed by atoms with E-state index < -0.39 is 0 Å². The first-order valence-corrected chi connectivity index (χ1v) is 10.4. The highest BCUT2D eigenvalue weighted by Crippen LogP contribution is 2.38. The molecule has 1 atom stereocenters. The van der Waals surface area contributed by atoms with Crippen molar-refractivity contribution in [2.75, 3.05) is 7.11 Å². The molecule has 2 amide bonds. The van der Waals surface area contributed by atoms with Crippen molar-refractivity contribution >= 4 is 11.8 Å². The number of rotatable bonds is 6. The van der Waals surface area contributed by atoms with Crippen molar-refractivity contribution < 1.29 is 19.1 Å². The normalized spacial score (nSPS) is 17.6. The first kappa shape index (κ1) is 19.5. The second-order valence-electron chi connectivity index (χ2n) is 7.89. The maximum Gasteiger partial charge on any atom is 0.262 e. The Morgan fingerprint density at radius 3 is 2.41 bits per heavy atom. The summed E-state index contributed by atoms with van der Waals surface area (Å²) in [6, 6.07) is 10.8. The van der Waals surface area contributed by atoms with Gasteiger partial charge in [0, 0.05) is 0 Å². The molecule has 1 aliphatic carbocycles. The Labute approximate surface area is 171 Å². The summed E-state index contributed by atoms with van der Waals surface area (Å²) < 4.78 is 11.7. The zero-order valence-corrected chi connectivity index (χ0v) is 17.2. The molecule has 0 aromatic heterocycles. The van der Waals surface area contributed by atoms with Crippen LogP contribution in [0.25, 0.3) is 0 Å². The lowest BCUT2D eigenvalue weighted by molar-refractivity contribution is 0.0577. The van der Waals surface area contributed by atoms with Crippen molar-refractivity contribution in [3.63, 3.8) is 0 Å². The van der Waals surface area contributed by atoms with E-state index in [9.17, 15) is 9.59 Å². The quantitative estimate of drug-likeness (QED) is 0.643. The average Bonchev–Trinajstić information content (AvgIpc) is 3.31. The number of ether oxygens (including phenoxy) is 2. The average molecular weight is 393 g/mol. The van der Waals surface area contributed by atoms with Gasteiger partial charge in [0.05, 0.1) is 30.4 Å². The van der Waals surface area contributed by atoms with Crippen LogP contribution in [0.3, 0.4) is 0 Å². The Hall–Kier alpha value is -2.82. The molecule has 29 heavy (non-hydrogen) atoms. The molecule has 0 saturated heterocycles. The Balaban J connectivity index is 1.67. The van der Waals surface area contributed by atoms with Crippen molar-refractivity contribution in [1.29, 1.82) is 0 Å². The number of nitrogens with zero attached hydrogens (tertiary/aromatic N) is 1. The molecule has 2 aromatic rings. The van der Waals surface area contributed by atoms with Gasteiger partial charge in [0.15, 0.2) is 11.5 Å². The van der Waals surface area contributed by atoms with E-state index in [0.29, 0.717) is 29.0 Å². The highest BCUT2D eigenvalue weighted by molar-refractivity contribution is 6.21. The molecule has 0 radical (unpaired) electrons. The van der Waals surface area contributed by atoms with Crippen molar-refractivity contribution in [2.24, 2.45) is 0 Å². The monoisotopic (exact) mass is 393 g/mol. The van der Waals surface area contributed by atoms with Gasteiger partial charge in [-0.3, -0.25) is 14.5 Å². The third-order valence-corrected chi connectivity index (χ3v) is 5.94. The predicted octanol–water partition coefficient (Wildman–Crippen LogP) is 5.07. The second kappa shape index (κ2) is 7.90. The van der Waals surface area contributed by atoms with E-state index in [1.807, 2.05) is 38.1 Å². The second-order valence-corrected chi connectivity index (χ2v) is 7.89. The maximum absolute atomic E-state index is 13.1. The first-order chi connectivity index (χ1) is 14.0. The van der Waals surface area contributed by atoms with Gasteiger partial charge in [0.1, 0.15) is 0 Å². The van der Waals surface area contributed by atoms with Crippen LogP contribution < -0.4 is 9.47 Å². The molecular formula is C24H27NO4. The molecule has 5 nitrogen and oxygen atoms in total. The van der Waals surface area contributed by atoms with Crippen molar-refractivity contribution in [1.82, 2.24) is 4.90 Å². The van der Waals surface area contributed by atoms with E-state index in [0.717, 1.165) is 24.0 Å². The first-order valence-electron chi connectivity index (χ1n) is 10.4. The van der Waals surface area contributed by atoms with Gasteiger partial charge < -0.3 is 9.47 Å². The van der Waals surface area contributed by atoms with Gasteiger partial charge in [-0.15, -0.1) is 0 Å². The minimum Gasteiger partial charge on any atom is -0.493 e. The molecule has 0 bridgehead atoms. The Bertz CT molecular complexity index is 946. The minimum atomic E-state index is -0.348. The molecule has 1 saturated carbocycles. The third-order valence-electron chi connectivity index (χ3n) is 5.94. The molecule has 2 aromatic carbocycles. The van der Waals surface area contributed by atoms with Crippen LogP contribution in [0.2, 0.25) is 0 Å². The molecule has 0 N–H and O–H groups in total. The van der Waals surface area contributed by atoms with E-state index >= 15 is 0 Å². The summed E-state index contributed by atoms with van der Waals surface area (Å²) in [5, 5.41) is 0.